The maximum Gasteiger partial charge on any atom is 0.244 e. The molecule has 0 aliphatic carbocycles. The van der Waals surface area contributed by atoms with Crippen LogP contribution < -0.4 is 14.8 Å². The van der Waals surface area contributed by atoms with Crippen LogP contribution in [0.15, 0.2) is 60.9 Å². The molecule has 1 N–H and O–H groups in total. The fourth-order valence-corrected chi connectivity index (χ4v) is 3.41. The van der Waals surface area contributed by atoms with E-state index in [2.05, 4.69) is 10.3 Å². The highest BCUT2D eigenvalue weighted by molar-refractivity contribution is 6.32. The molecule has 6 nitrogen and oxygen atoms in total. The highest BCUT2D eigenvalue weighted by atomic mass is 35.5. The number of aromatic nitrogens is 2. The molecule has 1 atom stereocenters. The van der Waals surface area contributed by atoms with Crippen molar-refractivity contribution < 1.29 is 14.3 Å². The number of hydrogen-bond donors (Lipinski definition) is 1. The second kappa shape index (κ2) is 10.2. The van der Waals surface area contributed by atoms with Gasteiger partial charge in [-0.1, -0.05) is 41.9 Å². The Morgan fingerprint density at radius 2 is 1.97 bits per heavy atom. The average molecular weight is 440 g/mol. The number of rotatable bonds is 8. The van der Waals surface area contributed by atoms with Crippen LogP contribution in [0.1, 0.15) is 36.8 Å². The lowest BCUT2D eigenvalue weighted by molar-refractivity contribution is -0.117. The lowest BCUT2D eigenvalue weighted by atomic mass is 10.1. The molecule has 0 bridgehead atoms. The summed E-state index contributed by atoms with van der Waals surface area (Å²) in [5.74, 6) is 1.48. The zero-order valence-electron chi connectivity index (χ0n) is 18.0. The Morgan fingerprint density at radius 1 is 1.23 bits per heavy atom. The zero-order valence-corrected chi connectivity index (χ0v) is 18.8. The van der Waals surface area contributed by atoms with E-state index < -0.39 is 0 Å². The quantitative estimate of drug-likeness (QED) is 0.512. The number of carbonyl (C=O) groups excluding carboxylic acids is 1. The van der Waals surface area contributed by atoms with Crippen LogP contribution in [0.5, 0.6) is 11.5 Å². The van der Waals surface area contributed by atoms with E-state index in [1.807, 2.05) is 62.0 Å². The summed E-state index contributed by atoms with van der Waals surface area (Å²) in [6, 6.07) is 12.9. The first kappa shape index (κ1) is 22.4. The molecule has 1 unspecified atom stereocenters. The molecule has 0 spiro atoms. The second-order valence-corrected chi connectivity index (χ2v) is 7.69. The van der Waals surface area contributed by atoms with E-state index in [1.54, 1.807) is 31.5 Å². The zero-order chi connectivity index (χ0) is 22.4. The average Bonchev–Trinajstić information content (AvgIpc) is 3.18. The third-order valence-corrected chi connectivity index (χ3v) is 4.85. The van der Waals surface area contributed by atoms with Gasteiger partial charge in [-0.3, -0.25) is 4.79 Å². The lowest BCUT2D eigenvalue weighted by Gasteiger charge is -2.18. The summed E-state index contributed by atoms with van der Waals surface area (Å²) in [7, 11) is 3.45. The van der Waals surface area contributed by atoms with Gasteiger partial charge in [0.05, 0.1) is 18.2 Å². The van der Waals surface area contributed by atoms with Gasteiger partial charge in [-0.05, 0) is 43.2 Å². The maximum atomic E-state index is 12.7. The summed E-state index contributed by atoms with van der Waals surface area (Å²) in [4.78, 5) is 17.1. The molecule has 0 saturated carbocycles. The molecular formula is C24H26ClN3O3. The molecule has 0 aliphatic rings. The van der Waals surface area contributed by atoms with Gasteiger partial charge in [0.1, 0.15) is 11.9 Å². The van der Waals surface area contributed by atoms with Crippen molar-refractivity contribution in [3.05, 3.63) is 82.9 Å². The Kier molecular flexibility index (Phi) is 7.36. The highest BCUT2D eigenvalue weighted by Gasteiger charge is 2.19. The topological polar surface area (TPSA) is 65.4 Å². The Hall–Kier alpha value is -3.25. The lowest BCUT2D eigenvalue weighted by Crippen LogP contribution is -2.29. The molecule has 3 aromatic rings. The number of hydrogen-bond acceptors (Lipinski definition) is 4. The van der Waals surface area contributed by atoms with Gasteiger partial charge in [0, 0.05) is 25.5 Å². The van der Waals surface area contributed by atoms with E-state index in [9.17, 15) is 4.79 Å². The maximum absolute atomic E-state index is 12.7. The normalized spacial score (nSPS) is 12.2. The summed E-state index contributed by atoms with van der Waals surface area (Å²) in [5, 5.41) is 3.45. The van der Waals surface area contributed by atoms with Crippen LogP contribution in [0.25, 0.3) is 6.08 Å². The number of benzene rings is 2. The summed E-state index contributed by atoms with van der Waals surface area (Å²) in [6.45, 7) is 3.83. The van der Waals surface area contributed by atoms with Crippen LogP contribution in [0.3, 0.4) is 0 Å². The summed E-state index contributed by atoms with van der Waals surface area (Å²) in [5.41, 5.74) is 1.67. The van der Waals surface area contributed by atoms with E-state index in [4.69, 9.17) is 21.1 Å². The van der Waals surface area contributed by atoms with Crippen molar-refractivity contribution in [3.63, 3.8) is 0 Å². The van der Waals surface area contributed by atoms with Crippen molar-refractivity contribution in [2.24, 2.45) is 7.05 Å². The van der Waals surface area contributed by atoms with Crippen LogP contribution in [-0.4, -0.2) is 28.7 Å². The first-order valence-electron chi connectivity index (χ1n) is 9.94. The molecule has 0 saturated heterocycles. The molecule has 162 valence electrons. The molecule has 2 aromatic carbocycles. The number of imidazole rings is 1. The molecule has 7 heteroatoms. The van der Waals surface area contributed by atoms with Gasteiger partial charge in [0.25, 0.3) is 0 Å². The number of aryl methyl sites for hydroxylation is 1. The third-order valence-electron chi connectivity index (χ3n) is 4.57. The minimum absolute atomic E-state index is 0.0420. The third kappa shape index (κ3) is 5.67. The number of ether oxygens (including phenoxy) is 2. The minimum Gasteiger partial charge on any atom is -0.493 e. The molecule has 1 heterocycles. The van der Waals surface area contributed by atoms with E-state index in [-0.39, 0.29) is 18.1 Å². The van der Waals surface area contributed by atoms with E-state index in [0.29, 0.717) is 16.5 Å². The predicted molar refractivity (Wildman–Crippen MR) is 122 cm³/mol. The Balaban J connectivity index is 1.81. The van der Waals surface area contributed by atoms with Crippen LogP contribution in [0.2, 0.25) is 5.02 Å². The molecule has 31 heavy (non-hydrogen) atoms. The van der Waals surface area contributed by atoms with Crippen LogP contribution in [-0.2, 0) is 11.8 Å². The summed E-state index contributed by atoms with van der Waals surface area (Å²) in [6.07, 6.45) is 6.67. The van der Waals surface area contributed by atoms with Crippen LogP contribution in [0, 0.1) is 0 Å². The van der Waals surface area contributed by atoms with Gasteiger partial charge in [0.15, 0.2) is 11.5 Å². The van der Waals surface area contributed by atoms with Gasteiger partial charge in [-0.2, -0.15) is 0 Å². The van der Waals surface area contributed by atoms with Gasteiger partial charge < -0.3 is 19.4 Å². The van der Waals surface area contributed by atoms with Crippen molar-refractivity contribution in [1.29, 1.82) is 0 Å². The number of nitrogens with one attached hydrogen (secondary N) is 1. The van der Waals surface area contributed by atoms with Gasteiger partial charge in [0.2, 0.25) is 5.91 Å². The molecule has 1 amide bonds. The first-order valence-corrected chi connectivity index (χ1v) is 10.3. The van der Waals surface area contributed by atoms with Crippen LogP contribution in [0.4, 0.5) is 0 Å². The van der Waals surface area contributed by atoms with E-state index in [0.717, 1.165) is 17.0 Å². The number of halogens is 1. The first-order chi connectivity index (χ1) is 14.9. The predicted octanol–water partition coefficient (Wildman–Crippen LogP) is 4.79. The van der Waals surface area contributed by atoms with E-state index in [1.165, 1.54) is 6.08 Å². The molecular weight excluding hydrogens is 414 g/mol. The Morgan fingerprint density at radius 3 is 2.58 bits per heavy atom. The standard InChI is InChI=1S/C24H26ClN3O3/c1-16(2)31-23-19(25)14-17(15-20(23)30-4)10-11-21(29)27-22(18-8-6-5-7-9-18)24-26-12-13-28(24)3/h5-16,22H,1-4H3,(H,27,29)/b11-10+. The van der Waals surface area contributed by atoms with E-state index >= 15 is 0 Å². The SMILES string of the molecule is COc1cc(/C=C/C(=O)NC(c2ccccc2)c2nccn2C)cc(Cl)c1OC(C)C. The smallest absolute Gasteiger partial charge is 0.244 e. The second-order valence-electron chi connectivity index (χ2n) is 7.28. The molecule has 0 radical (unpaired) electrons. The molecule has 1 aromatic heterocycles. The van der Waals surface area contributed by atoms with Crippen molar-refractivity contribution in [2.75, 3.05) is 7.11 Å². The van der Waals surface area contributed by atoms with Crippen molar-refractivity contribution in [2.45, 2.75) is 26.0 Å². The molecule has 0 fully saturated rings. The summed E-state index contributed by atoms with van der Waals surface area (Å²) >= 11 is 6.37. The molecule has 0 aliphatic heterocycles. The number of nitrogens with zero attached hydrogens (tertiary/aromatic N) is 2. The number of methoxy groups -OCH3 is 1. The van der Waals surface area contributed by atoms with Gasteiger partial charge in [-0.25, -0.2) is 4.98 Å². The fraction of sp³-hybridized carbons (Fsp3) is 0.250. The molecule has 3 rings (SSSR count). The van der Waals surface area contributed by atoms with Gasteiger partial charge in [-0.15, -0.1) is 0 Å². The van der Waals surface area contributed by atoms with Crippen molar-refractivity contribution in [1.82, 2.24) is 14.9 Å². The van der Waals surface area contributed by atoms with Crippen molar-refractivity contribution in [3.8, 4) is 11.5 Å². The fourth-order valence-electron chi connectivity index (χ4n) is 3.15. The largest absolute Gasteiger partial charge is 0.493 e. The van der Waals surface area contributed by atoms with Gasteiger partial charge >= 0.3 is 0 Å². The summed E-state index contributed by atoms with van der Waals surface area (Å²) < 4.78 is 13.0. The Bertz CT molecular complexity index is 1060. The number of carbonyl (C=O) groups is 1. The van der Waals surface area contributed by atoms with Crippen molar-refractivity contribution >= 4 is 23.6 Å². The minimum atomic E-state index is -0.377. The highest BCUT2D eigenvalue weighted by Crippen LogP contribution is 2.37. The van der Waals surface area contributed by atoms with Crippen LogP contribution >= 0.6 is 11.6 Å². The Labute approximate surface area is 187 Å². The number of amides is 1. The monoisotopic (exact) mass is 439 g/mol.